The third kappa shape index (κ3) is 35.9. The van der Waals surface area contributed by atoms with Crippen LogP contribution in [0, 0.1) is 0 Å². The second-order valence-electron chi connectivity index (χ2n) is 35.0. The minimum Gasteiger partial charge on any atom is -0.494 e. The molecule has 2 aliphatic heterocycles. The van der Waals surface area contributed by atoms with Crippen LogP contribution in [0.3, 0.4) is 0 Å². The fraction of sp³-hybridized carbons (Fsp3) is 0.600. The molecule has 0 unspecified atom stereocenters. The van der Waals surface area contributed by atoms with Crippen LogP contribution in [-0.4, -0.2) is 77.9 Å². The first-order chi connectivity index (χ1) is 60.3. The number of rotatable bonds is 71. The van der Waals surface area contributed by atoms with Crippen molar-refractivity contribution in [1.29, 1.82) is 0 Å². The summed E-state index contributed by atoms with van der Waals surface area (Å²) in [5, 5.41) is 9.49. The maximum atomic E-state index is 9.49. The second kappa shape index (κ2) is 60.6. The molecule has 0 atom stereocenters. The molecule has 0 saturated heterocycles. The summed E-state index contributed by atoms with van der Waals surface area (Å²) in [5.74, 6) is 5.52. The summed E-state index contributed by atoms with van der Waals surface area (Å²) in [6, 6.07) is 37.1. The molecular formula is C110H162N4O8. The average molecular weight is 1670 g/mol. The molecule has 0 fully saturated rings. The first-order valence-corrected chi connectivity index (χ1v) is 50.1. The van der Waals surface area contributed by atoms with Crippen LogP contribution in [0.15, 0.2) is 103 Å². The second-order valence-corrected chi connectivity index (χ2v) is 35.0. The summed E-state index contributed by atoms with van der Waals surface area (Å²) >= 11 is 0. The third-order valence-electron chi connectivity index (χ3n) is 24.3. The average Bonchev–Trinajstić information content (AvgIpc) is 1.60. The molecule has 122 heavy (non-hydrogen) atoms. The Balaban J connectivity index is 1.26. The number of unbranched alkanes of at least 4 members (excludes halogenated alkanes) is 45. The number of H-pyrrole nitrogens is 2. The molecule has 9 rings (SSSR count). The molecule has 8 bridgehead atoms. The maximum absolute atomic E-state index is 9.49. The highest BCUT2D eigenvalue weighted by molar-refractivity contribution is 6.00. The zero-order valence-corrected chi connectivity index (χ0v) is 77.3. The molecule has 3 aromatic heterocycles. The number of nitrogens with zero attached hydrogens (tertiary/aromatic N) is 2. The smallest absolute Gasteiger partial charge is 0.123 e. The fourth-order valence-corrected chi connectivity index (χ4v) is 17.1. The normalized spacial score (nSPS) is 11.8. The van der Waals surface area contributed by atoms with E-state index in [4.69, 9.17) is 43.1 Å². The number of hydrogen-bond acceptors (Lipinski definition) is 10. The number of benzene rings is 4. The monoisotopic (exact) mass is 1670 g/mol. The van der Waals surface area contributed by atoms with Crippen molar-refractivity contribution in [3.05, 3.63) is 126 Å². The van der Waals surface area contributed by atoms with Gasteiger partial charge in [0.1, 0.15) is 40.2 Å². The van der Waals surface area contributed by atoms with Crippen molar-refractivity contribution in [2.45, 2.75) is 375 Å². The number of aromatic nitrogens is 4. The van der Waals surface area contributed by atoms with E-state index in [-0.39, 0.29) is 6.61 Å². The number of hydrogen-bond donors (Lipinski definition) is 3. The molecule has 0 radical (unpaired) electrons. The van der Waals surface area contributed by atoms with E-state index in [0.29, 0.717) is 46.2 Å². The van der Waals surface area contributed by atoms with Crippen molar-refractivity contribution < 1.29 is 38.3 Å². The van der Waals surface area contributed by atoms with E-state index in [0.717, 1.165) is 232 Å². The van der Waals surface area contributed by atoms with Gasteiger partial charge < -0.3 is 48.2 Å². The molecule has 12 heteroatoms. The van der Waals surface area contributed by atoms with Gasteiger partial charge in [0.05, 0.1) is 69.0 Å². The lowest BCUT2D eigenvalue weighted by atomic mass is 10.0. The summed E-state index contributed by atoms with van der Waals surface area (Å²) < 4.78 is 47.9. The van der Waals surface area contributed by atoms with Crippen molar-refractivity contribution in [2.75, 3.05) is 52.9 Å². The van der Waals surface area contributed by atoms with Crippen molar-refractivity contribution >= 4 is 46.4 Å². The van der Waals surface area contributed by atoms with E-state index < -0.39 is 0 Å². The van der Waals surface area contributed by atoms with Gasteiger partial charge in [-0.1, -0.05) is 330 Å². The summed E-state index contributed by atoms with van der Waals surface area (Å²) in [6.45, 7) is 18.3. The van der Waals surface area contributed by atoms with Gasteiger partial charge in [0.2, 0.25) is 0 Å². The molecule has 0 aliphatic carbocycles. The first kappa shape index (κ1) is 97.8. The molecule has 2 aliphatic rings. The molecule has 0 amide bonds. The van der Waals surface area contributed by atoms with Gasteiger partial charge in [-0.15, -0.1) is 0 Å². The quantitative estimate of drug-likeness (QED) is 0.0315. The van der Waals surface area contributed by atoms with Crippen LogP contribution in [0.4, 0.5) is 0 Å². The van der Waals surface area contributed by atoms with E-state index in [9.17, 15) is 5.11 Å². The highest BCUT2D eigenvalue weighted by Crippen LogP contribution is 2.44. The first-order valence-electron chi connectivity index (χ1n) is 50.1. The zero-order chi connectivity index (χ0) is 85.3. The van der Waals surface area contributed by atoms with Gasteiger partial charge in [0.25, 0.3) is 0 Å². The molecule has 0 spiro atoms. The van der Waals surface area contributed by atoms with Crippen LogP contribution >= 0.6 is 0 Å². The molecule has 0 saturated carbocycles. The van der Waals surface area contributed by atoms with E-state index in [1.165, 1.54) is 231 Å². The Kier molecular flexibility index (Phi) is 48.6. The van der Waals surface area contributed by atoms with Crippen LogP contribution in [0.25, 0.3) is 90.9 Å². The van der Waals surface area contributed by atoms with Crippen molar-refractivity contribution in [3.8, 4) is 84.8 Å². The van der Waals surface area contributed by atoms with E-state index >= 15 is 0 Å². The molecule has 3 N–H and O–H groups in total. The van der Waals surface area contributed by atoms with Crippen LogP contribution in [0.2, 0.25) is 0 Å². The van der Waals surface area contributed by atoms with E-state index in [2.05, 4.69) is 179 Å². The molecule has 4 aromatic carbocycles. The topological polar surface area (TPSA) is 142 Å². The Morgan fingerprint density at radius 3 is 0.607 bits per heavy atom. The Labute approximate surface area is 739 Å². The Morgan fingerprint density at radius 1 is 0.205 bits per heavy atom. The van der Waals surface area contributed by atoms with Gasteiger partial charge in [-0.3, -0.25) is 0 Å². The number of aliphatic hydroxyl groups is 1. The van der Waals surface area contributed by atoms with Gasteiger partial charge in [0, 0.05) is 69.1 Å². The standard InChI is InChI=1S/C110H162N4O8/c1-7-13-19-25-31-37-44-52-73-117-93-79-89(80-94(85-93)118-74-53-45-38-32-26-20-14-8-2)108-101-65-63-99(111-101)107(88-59-61-92(62-60-88)116-72-58-50-43-51-71-115)100-64-66-102(112-100)109(90-81-95(119-75-54-46-39-33-27-21-15-9-3)86-96(82-90)120-76-55-47-40-34-28-22-16-10-4)104-68-70-106(114-104)110(105-69-67-103(108)113-105)91-83-97(121-77-56-48-41-35-29-23-17-11-5)87-98(84-91)122-78-57-49-42-36-30-24-18-12-6/h59-70,79-87,111,114-115H,7-58,71-78H2,1-6H3. The SMILES string of the molecule is CCCCCCCCCCOc1cc(OCCCCCCCCCC)cc(-c2c3nc(c(-c4cc(OCCCCCCCCCC)cc(OCCCCCCCCCC)c4)c4ccc([nH]4)c(-c4cc(OCCCCCCCCCC)cc(OCCCCCCCCCC)c4)c4nc(c(-c5ccc(OCCCCCCO)cc5)c5ccc2[nH]5)C=C4)C=C3)c1. The van der Waals surface area contributed by atoms with Gasteiger partial charge in [0.15, 0.2) is 0 Å². The molecular weight excluding hydrogens is 1510 g/mol. The lowest BCUT2D eigenvalue weighted by Crippen LogP contribution is -2.01. The molecule has 12 nitrogen and oxygen atoms in total. The van der Waals surface area contributed by atoms with Crippen LogP contribution in [-0.2, 0) is 0 Å². The van der Waals surface area contributed by atoms with Gasteiger partial charge in [-0.05, 0) is 177 Å². The zero-order valence-electron chi connectivity index (χ0n) is 77.3. The summed E-state index contributed by atoms with van der Waals surface area (Å²) in [6.07, 6.45) is 71.2. The summed E-state index contributed by atoms with van der Waals surface area (Å²) in [7, 11) is 0. The Bertz CT molecular complexity index is 4010. The van der Waals surface area contributed by atoms with Crippen LogP contribution < -0.4 is 33.2 Å². The van der Waals surface area contributed by atoms with E-state index in [1.807, 2.05) is 0 Å². The van der Waals surface area contributed by atoms with Crippen molar-refractivity contribution in [2.24, 2.45) is 0 Å². The number of fused-ring (bicyclic) bond motifs is 8. The highest BCUT2D eigenvalue weighted by Gasteiger charge is 2.23. The highest BCUT2D eigenvalue weighted by atomic mass is 16.5. The number of aromatic amines is 2. The fourth-order valence-electron chi connectivity index (χ4n) is 17.1. The predicted molar refractivity (Wildman–Crippen MR) is 520 cm³/mol. The number of aliphatic hydroxyl groups excluding tert-OH is 1. The minimum absolute atomic E-state index is 0.218. The Morgan fingerprint density at radius 2 is 0.393 bits per heavy atom. The molecule has 5 heterocycles. The predicted octanol–water partition coefficient (Wildman–Crippen LogP) is 33.4. The summed E-state index contributed by atoms with van der Waals surface area (Å²) in [5.41, 5.74) is 14.3. The molecule has 7 aromatic rings. The van der Waals surface area contributed by atoms with Crippen LogP contribution in [0.5, 0.6) is 40.2 Å². The lowest BCUT2D eigenvalue weighted by Gasteiger charge is -2.14. The molecule has 670 valence electrons. The minimum atomic E-state index is 0.218. The van der Waals surface area contributed by atoms with Crippen molar-refractivity contribution in [3.63, 3.8) is 0 Å². The van der Waals surface area contributed by atoms with E-state index in [1.54, 1.807) is 0 Å². The lowest BCUT2D eigenvalue weighted by molar-refractivity contribution is 0.273. The van der Waals surface area contributed by atoms with Crippen molar-refractivity contribution in [1.82, 2.24) is 19.9 Å². The summed E-state index contributed by atoms with van der Waals surface area (Å²) in [4.78, 5) is 20.0. The van der Waals surface area contributed by atoms with Crippen LogP contribution in [0.1, 0.15) is 398 Å². The number of nitrogens with one attached hydrogen (secondary N) is 2. The number of ether oxygens (including phenoxy) is 7. The Hall–Kier alpha value is -7.96. The van der Waals surface area contributed by atoms with Gasteiger partial charge in [-0.2, -0.15) is 0 Å². The van der Waals surface area contributed by atoms with Gasteiger partial charge in [-0.25, -0.2) is 9.97 Å². The third-order valence-corrected chi connectivity index (χ3v) is 24.3. The maximum Gasteiger partial charge on any atom is 0.123 e. The largest absolute Gasteiger partial charge is 0.494 e. The van der Waals surface area contributed by atoms with Gasteiger partial charge >= 0.3 is 0 Å².